The van der Waals surface area contributed by atoms with Crippen LogP contribution in [0.3, 0.4) is 0 Å². The second-order valence-electron chi connectivity index (χ2n) is 11.6. The maximum absolute atomic E-state index is 14.0. The highest BCUT2D eigenvalue weighted by Crippen LogP contribution is 2.41. The summed E-state index contributed by atoms with van der Waals surface area (Å²) >= 11 is 1.23. The zero-order valence-electron chi connectivity index (χ0n) is 22.3. The Morgan fingerprint density at radius 2 is 1.73 bits per heavy atom. The molecule has 0 atom stereocenters. The number of piperidine rings is 1. The first-order valence-electron chi connectivity index (χ1n) is 13.0. The van der Waals surface area contributed by atoms with E-state index < -0.39 is 16.0 Å². The average Bonchev–Trinajstić information content (AvgIpc) is 3.47. The molecule has 3 heterocycles. The van der Waals surface area contributed by atoms with E-state index >= 15 is 0 Å². The molecule has 1 aliphatic carbocycles. The van der Waals surface area contributed by atoms with Crippen molar-refractivity contribution in [2.75, 3.05) is 18.0 Å². The predicted molar refractivity (Wildman–Crippen MR) is 144 cm³/mol. The first-order valence-corrected chi connectivity index (χ1v) is 15.2. The van der Waals surface area contributed by atoms with Gasteiger partial charge in [-0.25, -0.2) is 18.2 Å². The summed E-state index contributed by atoms with van der Waals surface area (Å²) in [6, 6.07) is 1.59. The number of nitrogens with zero attached hydrogens (tertiary/aromatic N) is 4. The molecule has 1 N–H and O–H groups in total. The number of carbonyl (C=O) groups is 2. The summed E-state index contributed by atoms with van der Waals surface area (Å²) in [5.74, 6) is -0.633. The summed E-state index contributed by atoms with van der Waals surface area (Å²) in [6.07, 6.45) is 7.36. The van der Waals surface area contributed by atoms with Crippen molar-refractivity contribution in [3.8, 4) is 0 Å². The maximum Gasteiger partial charge on any atom is 0.348 e. The Labute approximate surface area is 223 Å². The first kappa shape index (κ1) is 27.8. The molecule has 2 fully saturated rings. The third-order valence-corrected chi connectivity index (χ3v) is 10.9. The van der Waals surface area contributed by atoms with E-state index in [2.05, 4.69) is 11.9 Å². The highest BCUT2D eigenvalue weighted by Gasteiger charge is 2.40. The maximum atomic E-state index is 14.0. The summed E-state index contributed by atoms with van der Waals surface area (Å²) in [6.45, 7) is 8.78. The van der Waals surface area contributed by atoms with E-state index in [4.69, 9.17) is 0 Å². The zero-order valence-corrected chi connectivity index (χ0v) is 23.9. The molecule has 1 amide bonds. The van der Waals surface area contributed by atoms with Crippen molar-refractivity contribution in [2.45, 2.75) is 82.7 Å². The number of hydrogen-bond acceptors (Lipinski definition) is 6. The second-order valence-corrected chi connectivity index (χ2v) is 14.5. The van der Waals surface area contributed by atoms with Crippen molar-refractivity contribution in [3.63, 3.8) is 0 Å². The molecule has 204 valence electrons. The minimum Gasteiger partial charge on any atom is -0.477 e. The molecule has 9 nitrogen and oxygen atoms in total. The van der Waals surface area contributed by atoms with Crippen molar-refractivity contribution in [1.82, 2.24) is 13.9 Å². The molecular formula is C26H38N4O5S2. The van der Waals surface area contributed by atoms with E-state index in [0.717, 1.165) is 30.6 Å². The number of sulfonamides is 1. The fraction of sp³-hybridized carbons (Fsp3) is 0.654. The lowest BCUT2D eigenvalue weighted by atomic mass is 9.82. The Morgan fingerprint density at radius 1 is 1.11 bits per heavy atom. The largest absolute Gasteiger partial charge is 0.477 e. The molecule has 0 spiro atoms. The molecule has 11 heteroatoms. The smallest absolute Gasteiger partial charge is 0.348 e. The summed E-state index contributed by atoms with van der Waals surface area (Å²) in [4.78, 5) is 33.2. The van der Waals surface area contributed by atoms with Crippen LogP contribution in [-0.2, 0) is 27.3 Å². The van der Waals surface area contributed by atoms with E-state index in [1.165, 1.54) is 28.2 Å². The molecule has 0 unspecified atom stereocenters. The third kappa shape index (κ3) is 5.78. The molecule has 2 aromatic heterocycles. The molecule has 1 aliphatic heterocycles. The van der Waals surface area contributed by atoms with Crippen molar-refractivity contribution in [1.29, 1.82) is 0 Å². The Kier molecular flexibility index (Phi) is 7.88. The monoisotopic (exact) mass is 550 g/mol. The van der Waals surface area contributed by atoms with Gasteiger partial charge in [-0.3, -0.25) is 4.79 Å². The van der Waals surface area contributed by atoms with Gasteiger partial charge in [0.2, 0.25) is 5.91 Å². The van der Waals surface area contributed by atoms with E-state index in [9.17, 15) is 23.1 Å². The number of aromatic nitrogens is 2. The van der Waals surface area contributed by atoms with Crippen LogP contribution in [0.25, 0.3) is 0 Å². The SMILES string of the molecule is CC1CCC(C(=O)N(c2cc(C(C)(C)C)sc2C(=O)O)C2CCN(S(=O)(=O)c3cn(C)cn3)CC2)CC1. The van der Waals surface area contributed by atoms with Gasteiger partial charge in [0.1, 0.15) is 4.88 Å². The topological polar surface area (TPSA) is 113 Å². The van der Waals surface area contributed by atoms with Crippen LogP contribution < -0.4 is 4.90 Å². The molecule has 2 aromatic rings. The van der Waals surface area contributed by atoms with Crippen LogP contribution in [0.5, 0.6) is 0 Å². The number of aryl methyl sites for hydroxylation is 1. The predicted octanol–water partition coefficient (Wildman–Crippen LogP) is 4.49. The Balaban J connectivity index is 1.65. The lowest BCUT2D eigenvalue weighted by molar-refractivity contribution is -0.124. The number of carboxylic acids is 1. The van der Waals surface area contributed by atoms with Crippen LogP contribution >= 0.6 is 11.3 Å². The molecular weight excluding hydrogens is 512 g/mol. The Hall–Kier alpha value is -2.24. The lowest BCUT2D eigenvalue weighted by Crippen LogP contribution is -2.51. The minimum atomic E-state index is -3.73. The van der Waals surface area contributed by atoms with Gasteiger partial charge in [0.25, 0.3) is 10.0 Å². The number of carboxylic acid groups (broad SMARTS) is 1. The fourth-order valence-electron chi connectivity index (χ4n) is 5.28. The third-order valence-electron chi connectivity index (χ3n) is 7.58. The van der Waals surface area contributed by atoms with Crippen LogP contribution in [-0.4, -0.2) is 58.4 Å². The average molecular weight is 551 g/mol. The minimum absolute atomic E-state index is 0.0125. The Morgan fingerprint density at radius 3 is 2.24 bits per heavy atom. The number of rotatable bonds is 6. The van der Waals surface area contributed by atoms with Crippen molar-refractivity contribution in [3.05, 3.63) is 28.3 Å². The van der Waals surface area contributed by atoms with Crippen LogP contribution in [0.1, 0.15) is 80.8 Å². The van der Waals surface area contributed by atoms with Crippen molar-refractivity contribution < 1.29 is 23.1 Å². The van der Waals surface area contributed by atoms with Crippen LogP contribution in [0.2, 0.25) is 0 Å². The molecule has 0 radical (unpaired) electrons. The number of carbonyl (C=O) groups excluding carboxylic acids is 1. The number of aromatic carboxylic acids is 1. The van der Waals surface area contributed by atoms with Gasteiger partial charge in [-0.2, -0.15) is 4.31 Å². The van der Waals surface area contributed by atoms with Gasteiger partial charge in [0.05, 0.1) is 12.0 Å². The number of anilines is 1. The first-order chi connectivity index (χ1) is 17.3. The molecule has 1 saturated heterocycles. The summed E-state index contributed by atoms with van der Waals surface area (Å²) in [5.41, 5.74) is 0.194. The molecule has 1 saturated carbocycles. The van der Waals surface area contributed by atoms with E-state index in [-0.39, 0.29) is 46.3 Å². The van der Waals surface area contributed by atoms with Crippen LogP contribution in [0, 0.1) is 11.8 Å². The van der Waals surface area contributed by atoms with Gasteiger partial charge < -0.3 is 14.6 Å². The quantitative estimate of drug-likeness (QED) is 0.567. The molecule has 0 bridgehead atoms. The summed E-state index contributed by atoms with van der Waals surface area (Å²) < 4.78 is 29.2. The van der Waals surface area contributed by atoms with Gasteiger partial charge in [-0.1, -0.05) is 27.7 Å². The molecule has 2 aliphatic rings. The zero-order chi connectivity index (χ0) is 27.1. The van der Waals surface area contributed by atoms with E-state index in [1.54, 1.807) is 16.5 Å². The molecule has 4 rings (SSSR count). The summed E-state index contributed by atoms with van der Waals surface area (Å²) in [7, 11) is -2.01. The second kappa shape index (κ2) is 10.5. The van der Waals surface area contributed by atoms with Gasteiger partial charge in [-0.05, 0) is 55.9 Å². The molecule has 37 heavy (non-hydrogen) atoms. The number of amides is 1. The van der Waals surface area contributed by atoms with E-state index in [1.807, 2.05) is 26.8 Å². The highest BCUT2D eigenvalue weighted by atomic mass is 32.2. The number of hydrogen-bond donors (Lipinski definition) is 1. The Bertz CT molecular complexity index is 1240. The van der Waals surface area contributed by atoms with Crippen LogP contribution in [0.4, 0.5) is 5.69 Å². The molecule has 0 aromatic carbocycles. The summed E-state index contributed by atoms with van der Waals surface area (Å²) in [5, 5.41) is 10.1. The van der Waals surface area contributed by atoms with Gasteiger partial charge in [0, 0.05) is 43.2 Å². The van der Waals surface area contributed by atoms with E-state index in [0.29, 0.717) is 24.4 Å². The highest BCUT2D eigenvalue weighted by molar-refractivity contribution is 7.89. The van der Waals surface area contributed by atoms with Gasteiger partial charge in [0.15, 0.2) is 5.03 Å². The fourth-order valence-corrected chi connectivity index (χ4v) is 7.76. The van der Waals surface area contributed by atoms with Crippen molar-refractivity contribution in [2.24, 2.45) is 18.9 Å². The van der Waals surface area contributed by atoms with Gasteiger partial charge >= 0.3 is 5.97 Å². The van der Waals surface area contributed by atoms with Crippen LogP contribution in [0.15, 0.2) is 23.6 Å². The lowest BCUT2D eigenvalue weighted by Gasteiger charge is -2.40. The number of imidazole rings is 1. The number of thiophene rings is 1. The normalized spacial score (nSPS) is 22.2. The standard InChI is InChI=1S/C26H38N4O5S2/c1-17-6-8-18(9-7-17)24(31)30(20-14-21(26(2,3)4)36-23(20)25(32)33)19-10-12-29(13-11-19)37(34,35)22-15-28(5)16-27-22/h14-19H,6-13H2,1-5H3,(H,32,33). The van der Waals surface area contributed by atoms with Gasteiger partial charge in [-0.15, -0.1) is 11.3 Å². The van der Waals surface area contributed by atoms with Crippen molar-refractivity contribution >= 4 is 38.9 Å².